The molecule has 3 aromatic rings. The van der Waals surface area contributed by atoms with Crippen LogP contribution in [0.2, 0.25) is 0 Å². The van der Waals surface area contributed by atoms with Crippen molar-refractivity contribution in [3.8, 4) is 28.7 Å². The number of hydrogen-bond acceptors (Lipinski definition) is 7. The van der Waals surface area contributed by atoms with E-state index in [-0.39, 0.29) is 0 Å². The molecule has 1 heterocycles. The summed E-state index contributed by atoms with van der Waals surface area (Å²) in [7, 11) is 4.94. The van der Waals surface area contributed by atoms with E-state index in [1.165, 1.54) is 0 Å². The molecule has 1 aliphatic heterocycles. The number of hydrogen-bond donors (Lipinski definition) is 0. The highest BCUT2D eigenvalue weighted by Gasteiger charge is 2.21. The molecule has 0 amide bonds. The summed E-state index contributed by atoms with van der Waals surface area (Å²) < 4.78 is 28.4. The second kappa shape index (κ2) is 13.0. The average Bonchev–Trinajstić information content (AvgIpc) is 2.93. The van der Waals surface area contributed by atoms with Crippen molar-refractivity contribution < 1.29 is 23.7 Å². The topological polar surface area (TPSA) is 52.6 Å². The molecule has 7 nitrogen and oxygen atoms in total. The fourth-order valence-corrected chi connectivity index (χ4v) is 4.37. The molecule has 1 saturated heterocycles. The second-order valence-corrected chi connectivity index (χ2v) is 8.71. The van der Waals surface area contributed by atoms with Crippen LogP contribution >= 0.6 is 0 Å². The largest absolute Gasteiger partial charge is 0.493 e. The summed E-state index contributed by atoms with van der Waals surface area (Å²) in [6, 6.07) is 22.0. The van der Waals surface area contributed by atoms with Crippen molar-refractivity contribution in [3.05, 3.63) is 77.9 Å². The number of piperazine rings is 1. The number of nitrogens with zero attached hydrogens (tertiary/aromatic N) is 2. The predicted molar refractivity (Wildman–Crippen MR) is 141 cm³/mol. The van der Waals surface area contributed by atoms with Gasteiger partial charge in [-0.1, -0.05) is 36.4 Å². The molecule has 0 unspecified atom stereocenters. The van der Waals surface area contributed by atoms with Crippen LogP contribution in [0.1, 0.15) is 11.1 Å². The van der Waals surface area contributed by atoms with Crippen LogP contribution < -0.4 is 23.7 Å². The second-order valence-electron chi connectivity index (χ2n) is 8.71. The van der Waals surface area contributed by atoms with Crippen LogP contribution in [0.5, 0.6) is 28.7 Å². The minimum Gasteiger partial charge on any atom is -0.493 e. The lowest BCUT2D eigenvalue weighted by Gasteiger charge is -2.34. The van der Waals surface area contributed by atoms with Gasteiger partial charge in [0.1, 0.15) is 24.7 Å². The van der Waals surface area contributed by atoms with Gasteiger partial charge in [0.2, 0.25) is 5.75 Å². The van der Waals surface area contributed by atoms with E-state index in [9.17, 15) is 0 Å². The standard InChI is InChI=1S/C29H36N2O5/c1-32-27-14-9-24(28(33-2)29(27)34-3)21-31-17-15-30(16-18-31)19-20-35-25-10-12-26(13-11-25)36-22-23-7-5-4-6-8-23/h4-14H,15-22H2,1-3H3. The highest BCUT2D eigenvalue weighted by molar-refractivity contribution is 5.55. The Labute approximate surface area is 214 Å². The van der Waals surface area contributed by atoms with Crippen LogP contribution in [0, 0.1) is 0 Å². The Morgan fingerprint density at radius 1 is 0.639 bits per heavy atom. The van der Waals surface area contributed by atoms with Crippen molar-refractivity contribution in [1.82, 2.24) is 9.80 Å². The Kier molecular flexibility index (Phi) is 9.30. The molecule has 192 valence electrons. The first-order valence-corrected chi connectivity index (χ1v) is 12.3. The number of methoxy groups -OCH3 is 3. The molecule has 0 aromatic heterocycles. The van der Waals surface area contributed by atoms with E-state index in [1.54, 1.807) is 21.3 Å². The maximum absolute atomic E-state index is 5.97. The van der Waals surface area contributed by atoms with Crippen LogP contribution in [0.4, 0.5) is 0 Å². The molecule has 0 bridgehead atoms. The summed E-state index contributed by atoms with van der Waals surface area (Å²) in [5.74, 6) is 3.76. The highest BCUT2D eigenvalue weighted by atomic mass is 16.5. The quantitative estimate of drug-likeness (QED) is 0.369. The van der Waals surface area contributed by atoms with Gasteiger partial charge in [-0.25, -0.2) is 0 Å². The van der Waals surface area contributed by atoms with Gasteiger partial charge in [0.15, 0.2) is 11.5 Å². The lowest BCUT2D eigenvalue weighted by atomic mass is 10.1. The van der Waals surface area contributed by atoms with Gasteiger partial charge in [-0.2, -0.15) is 0 Å². The SMILES string of the molecule is COc1ccc(CN2CCN(CCOc3ccc(OCc4ccccc4)cc3)CC2)c(OC)c1OC. The van der Waals surface area contributed by atoms with Gasteiger partial charge < -0.3 is 23.7 Å². The van der Waals surface area contributed by atoms with E-state index in [0.29, 0.717) is 24.7 Å². The zero-order valence-electron chi connectivity index (χ0n) is 21.4. The van der Waals surface area contributed by atoms with Crippen molar-refractivity contribution in [3.63, 3.8) is 0 Å². The van der Waals surface area contributed by atoms with Crippen LogP contribution in [0.15, 0.2) is 66.7 Å². The summed E-state index contributed by atoms with van der Waals surface area (Å²) in [6.07, 6.45) is 0. The molecule has 1 fully saturated rings. The first-order chi connectivity index (χ1) is 17.7. The normalized spacial score (nSPS) is 14.3. The first-order valence-electron chi connectivity index (χ1n) is 12.3. The van der Waals surface area contributed by atoms with Crippen molar-refractivity contribution in [2.75, 3.05) is 60.7 Å². The molecule has 0 aliphatic carbocycles. The van der Waals surface area contributed by atoms with E-state index in [2.05, 4.69) is 28.0 Å². The van der Waals surface area contributed by atoms with Crippen LogP contribution in [-0.2, 0) is 13.2 Å². The highest BCUT2D eigenvalue weighted by Crippen LogP contribution is 2.40. The van der Waals surface area contributed by atoms with Crippen LogP contribution in [0.3, 0.4) is 0 Å². The first kappa shape index (κ1) is 25.7. The van der Waals surface area contributed by atoms with Gasteiger partial charge >= 0.3 is 0 Å². The molecule has 0 radical (unpaired) electrons. The molecule has 1 aliphatic rings. The van der Waals surface area contributed by atoms with Crippen LogP contribution in [-0.4, -0.2) is 70.5 Å². The van der Waals surface area contributed by atoms with E-state index < -0.39 is 0 Å². The Bertz CT molecular complexity index is 1070. The molecule has 0 spiro atoms. The lowest BCUT2D eigenvalue weighted by molar-refractivity contribution is 0.112. The molecule has 7 heteroatoms. The molecule has 0 atom stereocenters. The number of ether oxygens (including phenoxy) is 5. The maximum atomic E-state index is 5.97. The minimum atomic E-state index is 0.561. The van der Waals surface area contributed by atoms with Crippen molar-refractivity contribution in [1.29, 1.82) is 0 Å². The molecule has 36 heavy (non-hydrogen) atoms. The number of benzene rings is 3. The van der Waals surface area contributed by atoms with Gasteiger partial charge in [0.05, 0.1) is 21.3 Å². The smallest absolute Gasteiger partial charge is 0.203 e. The molecular formula is C29H36N2O5. The third-order valence-electron chi connectivity index (χ3n) is 6.39. The maximum Gasteiger partial charge on any atom is 0.203 e. The van der Waals surface area contributed by atoms with Crippen LogP contribution in [0.25, 0.3) is 0 Å². The molecule has 0 saturated carbocycles. The summed E-state index contributed by atoms with van der Waals surface area (Å²) in [6.45, 7) is 6.93. The summed E-state index contributed by atoms with van der Waals surface area (Å²) in [5.41, 5.74) is 2.25. The zero-order chi connectivity index (χ0) is 25.2. The Balaban J connectivity index is 1.18. The Morgan fingerprint density at radius 2 is 1.28 bits per heavy atom. The molecule has 4 rings (SSSR count). The molecule has 0 N–H and O–H groups in total. The average molecular weight is 493 g/mol. The van der Waals surface area contributed by atoms with Gasteiger partial charge in [-0.15, -0.1) is 0 Å². The van der Waals surface area contributed by atoms with E-state index in [0.717, 1.165) is 67.6 Å². The monoisotopic (exact) mass is 492 g/mol. The van der Waals surface area contributed by atoms with Gasteiger partial charge in [0.25, 0.3) is 0 Å². The molecular weight excluding hydrogens is 456 g/mol. The number of rotatable bonds is 12. The fourth-order valence-electron chi connectivity index (χ4n) is 4.37. The lowest BCUT2D eigenvalue weighted by Crippen LogP contribution is -2.47. The van der Waals surface area contributed by atoms with Gasteiger partial charge in [-0.05, 0) is 35.9 Å². The summed E-state index contributed by atoms with van der Waals surface area (Å²) in [4.78, 5) is 4.88. The zero-order valence-corrected chi connectivity index (χ0v) is 21.4. The minimum absolute atomic E-state index is 0.561. The molecule has 3 aromatic carbocycles. The van der Waals surface area contributed by atoms with Gasteiger partial charge in [-0.3, -0.25) is 9.80 Å². The van der Waals surface area contributed by atoms with E-state index in [1.807, 2.05) is 48.5 Å². The Morgan fingerprint density at radius 3 is 1.92 bits per heavy atom. The Hall–Kier alpha value is -3.42. The van der Waals surface area contributed by atoms with Crippen molar-refractivity contribution >= 4 is 0 Å². The third kappa shape index (κ3) is 6.83. The fraction of sp³-hybridized carbons (Fsp3) is 0.379. The van der Waals surface area contributed by atoms with Crippen molar-refractivity contribution in [2.24, 2.45) is 0 Å². The summed E-state index contributed by atoms with van der Waals surface area (Å²) in [5, 5.41) is 0. The third-order valence-corrected chi connectivity index (χ3v) is 6.39. The van der Waals surface area contributed by atoms with E-state index in [4.69, 9.17) is 23.7 Å². The van der Waals surface area contributed by atoms with Gasteiger partial charge in [0, 0.05) is 44.8 Å². The van der Waals surface area contributed by atoms with E-state index >= 15 is 0 Å². The van der Waals surface area contributed by atoms with Crippen molar-refractivity contribution in [2.45, 2.75) is 13.2 Å². The summed E-state index contributed by atoms with van der Waals surface area (Å²) >= 11 is 0. The predicted octanol–water partition coefficient (Wildman–Crippen LogP) is 4.49.